The number of carbonyl (C=O) groups is 1. The summed E-state index contributed by atoms with van der Waals surface area (Å²) in [6.45, 7) is 0. The lowest BCUT2D eigenvalue weighted by Gasteiger charge is -2.35. The number of rotatable bonds is 0. The van der Waals surface area contributed by atoms with E-state index < -0.39 is 0 Å². The number of hydrogen-bond acceptors (Lipinski definition) is 2. The first-order valence-electron chi connectivity index (χ1n) is 4.46. The first-order chi connectivity index (χ1) is 5.25. The Hall–Kier alpha value is -0.370. The summed E-state index contributed by atoms with van der Waals surface area (Å²) in [6.07, 6.45) is 4.31. The third-order valence-corrected chi connectivity index (χ3v) is 3.03. The Kier molecular flexibility index (Phi) is 1.72. The summed E-state index contributed by atoms with van der Waals surface area (Å²) in [5, 5.41) is 9.38. The van der Waals surface area contributed by atoms with Gasteiger partial charge in [-0.1, -0.05) is 0 Å². The van der Waals surface area contributed by atoms with Crippen molar-refractivity contribution < 1.29 is 9.90 Å². The Morgan fingerprint density at radius 1 is 1.27 bits per heavy atom. The molecule has 0 aromatic rings. The van der Waals surface area contributed by atoms with Gasteiger partial charge in [0.2, 0.25) is 0 Å². The highest BCUT2D eigenvalue weighted by atomic mass is 16.3. The summed E-state index contributed by atoms with van der Waals surface area (Å²) >= 11 is 0. The molecule has 0 aliphatic heterocycles. The zero-order chi connectivity index (χ0) is 7.84. The van der Waals surface area contributed by atoms with E-state index in [2.05, 4.69) is 0 Å². The minimum absolute atomic E-state index is 0.192. The van der Waals surface area contributed by atoms with Crippen LogP contribution in [0, 0.1) is 11.8 Å². The molecule has 0 radical (unpaired) electrons. The van der Waals surface area contributed by atoms with Crippen LogP contribution in [0.1, 0.15) is 32.1 Å². The minimum atomic E-state index is -0.192. The Morgan fingerprint density at radius 2 is 2.09 bits per heavy atom. The summed E-state index contributed by atoms with van der Waals surface area (Å²) in [4.78, 5) is 11.2. The van der Waals surface area contributed by atoms with Gasteiger partial charge in [0.15, 0.2) is 0 Å². The van der Waals surface area contributed by atoms with Crippen LogP contribution >= 0.6 is 0 Å². The SMILES string of the molecule is O=C1CC[C@@H]2C[C@H](O)C[C@H]1C2. The van der Waals surface area contributed by atoms with Crippen molar-refractivity contribution in [1.82, 2.24) is 0 Å². The van der Waals surface area contributed by atoms with E-state index in [4.69, 9.17) is 0 Å². The van der Waals surface area contributed by atoms with Crippen molar-refractivity contribution in [3.63, 3.8) is 0 Å². The van der Waals surface area contributed by atoms with Gasteiger partial charge in [0.05, 0.1) is 6.10 Å². The number of Topliss-reactive ketones (excluding diaryl/α,β-unsaturated/α-hetero) is 1. The highest BCUT2D eigenvalue weighted by molar-refractivity contribution is 5.81. The summed E-state index contributed by atoms with van der Waals surface area (Å²) < 4.78 is 0. The Morgan fingerprint density at radius 3 is 2.91 bits per heavy atom. The van der Waals surface area contributed by atoms with Crippen LogP contribution in [0.5, 0.6) is 0 Å². The maximum Gasteiger partial charge on any atom is 0.136 e. The quantitative estimate of drug-likeness (QED) is 0.568. The Labute approximate surface area is 66.6 Å². The van der Waals surface area contributed by atoms with Gasteiger partial charge in [-0.15, -0.1) is 0 Å². The molecular weight excluding hydrogens is 140 g/mol. The van der Waals surface area contributed by atoms with E-state index >= 15 is 0 Å². The average molecular weight is 154 g/mol. The molecule has 11 heavy (non-hydrogen) atoms. The standard InChI is InChI=1S/C9H14O2/c10-8-4-6-1-2-9(11)7(3-6)5-8/h6-8,10H,1-5H2/t6-,7+,8-/m0/s1. The van der Waals surface area contributed by atoms with Crippen LogP contribution in [0.25, 0.3) is 0 Å². The van der Waals surface area contributed by atoms with Gasteiger partial charge in [-0.3, -0.25) is 4.79 Å². The smallest absolute Gasteiger partial charge is 0.136 e. The summed E-state index contributed by atoms with van der Waals surface area (Å²) in [5.74, 6) is 1.24. The lowest BCUT2D eigenvalue weighted by atomic mass is 9.70. The molecule has 62 valence electrons. The molecule has 2 fully saturated rings. The van der Waals surface area contributed by atoms with Crippen molar-refractivity contribution in [2.75, 3.05) is 0 Å². The van der Waals surface area contributed by atoms with Gasteiger partial charge < -0.3 is 5.11 Å². The first kappa shape index (κ1) is 7.29. The van der Waals surface area contributed by atoms with Crippen molar-refractivity contribution >= 4 is 5.78 Å². The maximum absolute atomic E-state index is 11.2. The van der Waals surface area contributed by atoms with Crippen LogP contribution in [0.2, 0.25) is 0 Å². The number of carbonyl (C=O) groups excluding carboxylic acids is 1. The molecule has 0 unspecified atom stereocenters. The van der Waals surface area contributed by atoms with Gasteiger partial charge >= 0.3 is 0 Å². The molecule has 2 aliphatic rings. The van der Waals surface area contributed by atoms with Crippen LogP contribution in [-0.2, 0) is 4.79 Å². The third-order valence-electron chi connectivity index (χ3n) is 3.03. The van der Waals surface area contributed by atoms with E-state index in [0.29, 0.717) is 11.7 Å². The van der Waals surface area contributed by atoms with Gasteiger partial charge in [-0.25, -0.2) is 0 Å². The second-order valence-corrected chi connectivity index (χ2v) is 3.93. The number of hydrogen-bond donors (Lipinski definition) is 1. The summed E-state index contributed by atoms with van der Waals surface area (Å²) in [5.41, 5.74) is 0. The first-order valence-corrected chi connectivity index (χ1v) is 4.46. The van der Waals surface area contributed by atoms with Crippen LogP contribution in [-0.4, -0.2) is 17.0 Å². The predicted molar refractivity (Wildman–Crippen MR) is 41.1 cm³/mol. The maximum atomic E-state index is 11.2. The molecule has 1 N–H and O–H groups in total. The van der Waals surface area contributed by atoms with Gasteiger partial charge in [0, 0.05) is 12.3 Å². The van der Waals surface area contributed by atoms with Crippen molar-refractivity contribution in [1.29, 1.82) is 0 Å². The number of aliphatic hydroxyl groups is 1. The average Bonchev–Trinajstić information content (AvgIpc) is 1.97. The van der Waals surface area contributed by atoms with Crippen molar-refractivity contribution in [2.45, 2.75) is 38.2 Å². The van der Waals surface area contributed by atoms with E-state index in [0.717, 1.165) is 32.1 Å². The van der Waals surface area contributed by atoms with Crippen molar-refractivity contribution in [3.05, 3.63) is 0 Å². The van der Waals surface area contributed by atoms with Crippen LogP contribution in [0.3, 0.4) is 0 Å². The van der Waals surface area contributed by atoms with Gasteiger partial charge in [0.25, 0.3) is 0 Å². The zero-order valence-electron chi connectivity index (χ0n) is 6.62. The monoisotopic (exact) mass is 154 g/mol. The van der Waals surface area contributed by atoms with Gasteiger partial charge in [-0.05, 0) is 31.6 Å². The second kappa shape index (κ2) is 2.59. The number of ketones is 1. The molecule has 2 nitrogen and oxygen atoms in total. The fourth-order valence-corrected chi connectivity index (χ4v) is 2.45. The number of fused-ring (bicyclic) bond motifs is 2. The fraction of sp³-hybridized carbons (Fsp3) is 0.889. The van der Waals surface area contributed by atoms with E-state index in [9.17, 15) is 9.90 Å². The highest BCUT2D eigenvalue weighted by Crippen LogP contribution is 2.37. The Balaban J connectivity index is 2.08. The third kappa shape index (κ3) is 1.32. The molecule has 3 atom stereocenters. The molecule has 0 aromatic heterocycles. The molecule has 0 saturated heterocycles. The summed E-state index contributed by atoms with van der Waals surface area (Å²) in [7, 11) is 0. The largest absolute Gasteiger partial charge is 0.393 e. The molecule has 2 rings (SSSR count). The lowest BCUT2D eigenvalue weighted by molar-refractivity contribution is -0.129. The molecule has 2 aliphatic carbocycles. The molecular formula is C9H14O2. The van der Waals surface area contributed by atoms with E-state index in [1.165, 1.54) is 0 Å². The number of aliphatic hydroxyl groups excluding tert-OH is 1. The lowest BCUT2D eigenvalue weighted by Crippen LogP contribution is -2.35. The van der Waals surface area contributed by atoms with Crippen LogP contribution in [0.4, 0.5) is 0 Å². The second-order valence-electron chi connectivity index (χ2n) is 3.93. The van der Waals surface area contributed by atoms with Crippen molar-refractivity contribution in [3.8, 4) is 0 Å². The van der Waals surface area contributed by atoms with Crippen LogP contribution in [0.15, 0.2) is 0 Å². The zero-order valence-corrected chi connectivity index (χ0v) is 6.62. The van der Waals surface area contributed by atoms with E-state index in [1.54, 1.807) is 0 Å². The predicted octanol–water partition coefficient (Wildman–Crippen LogP) is 1.13. The van der Waals surface area contributed by atoms with E-state index in [1.807, 2.05) is 0 Å². The Bertz CT molecular complexity index is 174. The minimum Gasteiger partial charge on any atom is -0.393 e. The molecule has 2 saturated carbocycles. The topological polar surface area (TPSA) is 37.3 Å². The van der Waals surface area contributed by atoms with Crippen molar-refractivity contribution in [2.24, 2.45) is 11.8 Å². The normalized spacial score (nSPS) is 44.1. The highest BCUT2D eigenvalue weighted by Gasteiger charge is 2.35. The molecule has 0 spiro atoms. The molecule has 2 bridgehead atoms. The fourth-order valence-electron chi connectivity index (χ4n) is 2.45. The van der Waals surface area contributed by atoms with E-state index in [-0.39, 0.29) is 12.0 Å². The van der Waals surface area contributed by atoms with Gasteiger partial charge in [-0.2, -0.15) is 0 Å². The summed E-state index contributed by atoms with van der Waals surface area (Å²) in [6, 6.07) is 0. The molecule has 2 heteroatoms. The molecule has 0 heterocycles. The van der Waals surface area contributed by atoms with Crippen LogP contribution < -0.4 is 0 Å². The molecule has 0 aromatic carbocycles. The molecule has 0 amide bonds. The van der Waals surface area contributed by atoms with Gasteiger partial charge in [0.1, 0.15) is 5.78 Å².